The largest absolute Gasteiger partial charge is 0.394 e. The summed E-state index contributed by atoms with van der Waals surface area (Å²) in [6.45, 7) is 5.82. The number of carbonyl (C=O) groups excluding carboxylic acids is 1. The number of halogens is 2. The molecular formula is C13H20Cl2N2O2. The number of rotatable bonds is 3. The molecular weight excluding hydrogens is 287 g/mol. The van der Waals surface area contributed by atoms with Gasteiger partial charge in [-0.15, -0.1) is 0 Å². The highest BCUT2D eigenvalue weighted by atomic mass is 35.5. The Balaban J connectivity index is 3.09. The second kappa shape index (κ2) is 5.73. The minimum atomic E-state index is -0.285. The van der Waals surface area contributed by atoms with Crippen LogP contribution in [0.4, 0.5) is 0 Å². The fourth-order valence-corrected chi connectivity index (χ4v) is 2.42. The van der Waals surface area contributed by atoms with Crippen LogP contribution >= 0.6 is 23.2 Å². The van der Waals surface area contributed by atoms with Crippen molar-refractivity contribution < 1.29 is 9.90 Å². The third-order valence-corrected chi connectivity index (χ3v) is 4.14. The van der Waals surface area contributed by atoms with E-state index < -0.39 is 0 Å². The zero-order valence-electron chi connectivity index (χ0n) is 11.9. The Bertz CT molecular complexity index is 478. The van der Waals surface area contributed by atoms with Crippen LogP contribution in [0.3, 0.4) is 0 Å². The lowest BCUT2D eigenvalue weighted by Gasteiger charge is -2.36. The van der Waals surface area contributed by atoms with E-state index in [-0.39, 0.29) is 24.0 Å². The Morgan fingerprint density at radius 3 is 2.32 bits per heavy atom. The molecule has 0 spiro atoms. The van der Waals surface area contributed by atoms with Gasteiger partial charge in [0.15, 0.2) is 0 Å². The van der Waals surface area contributed by atoms with Crippen molar-refractivity contribution in [2.75, 3.05) is 13.7 Å². The van der Waals surface area contributed by atoms with Crippen LogP contribution in [0.25, 0.3) is 0 Å². The number of amides is 1. The first-order chi connectivity index (χ1) is 8.61. The molecule has 108 valence electrons. The molecule has 0 aliphatic rings. The molecule has 1 heterocycles. The summed E-state index contributed by atoms with van der Waals surface area (Å²) >= 11 is 11.9. The number of nitrogens with zero attached hydrogens (tertiary/aromatic N) is 2. The summed E-state index contributed by atoms with van der Waals surface area (Å²) in [5.74, 6) is -0.217. The van der Waals surface area contributed by atoms with E-state index in [2.05, 4.69) is 0 Å². The van der Waals surface area contributed by atoms with E-state index in [0.717, 1.165) is 0 Å². The van der Waals surface area contributed by atoms with Gasteiger partial charge in [0.05, 0.1) is 17.7 Å². The average molecular weight is 307 g/mol. The standard InChI is InChI=1S/C13H20Cl2N2O2/c1-13(2,3)10(7-18)17(5)12(19)9-6-8(14)11(15)16(9)4/h6,10,18H,7H2,1-5H3. The van der Waals surface area contributed by atoms with Gasteiger partial charge < -0.3 is 14.6 Å². The maximum Gasteiger partial charge on any atom is 0.270 e. The lowest BCUT2D eigenvalue weighted by Crippen LogP contribution is -2.47. The number of likely N-dealkylation sites (N-methyl/N-ethyl adjacent to an activating group) is 1. The first-order valence-electron chi connectivity index (χ1n) is 6.00. The summed E-state index contributed by atoms with van der Waals surface area (Å²) in [4.78, 5) is 14.0. The van der Waals surface area contributed by atoms with E-state index in [4.69, 9.17) is 23.2 Å². The fourth-order valence-electron chi connectivity index (χ4n) is 2.05. The molecule has 0 radical (unpaired) electrons. The van der Waals surface area contributed by atoms with E-state index >= 15 is 0 Å². The van der Waals surface area contributed by atoms with Gasteiger partial charge in [-0.25, -0.2) is 0 Å². The topological polar surface area (TPSA) is 45.5 Å². The van der Waals surface area contributed by atoms with Gasteiger partial charge in [0, 0.05) is 14.1 Å². The molecule has 1 rings (SSSR count). The highest BCUT2D eigenvalue weighted by Gasteiger charge is 2.32. The van der Waals surface area contributed by atoms with Gasteiger partial charge in [-0.2, -0.15) is 0 Å². The van der Waals surface area contributed by atoms with Crippen molar-refractivity contribution >= 4 is 29.1 Å². The van der Waals surface area contributed by atoms with E-state index in [1.165, 1.54) is 4.90 Å². The average Bonchev–Trinajstić information content (AvgIpc) is 2.55. The molecule has 1 aromatic heterocycles. The van der Waals surface area contributed by atoms with Crippen LogP contribution in [0, 0.1) is 5.41 Å². The van der Waals surface area contributed by atoms with Crippen molar-refractivity contribution in [2.24, 2.45) is 12.5 Å². The molecule has 0 fully saturated rings. The molecule has 19 heavy (non-hydrogen) atoms. The van der Waals surface area contributed by atoms with Gasteiger partial charge >= 0.3 is 0 Å². The summed E-state index contributed by atoms with van der Waals surface area (Å²) in [6, 6.07) is 1.26. The maximum atomic E-state index is 12.5. The van der Waals surface area contributed by atoms with Crippen LogP contribution in [0.15, 0.2) is 6.07 Å². The molecule has 1 N–H and O–H groups in total. The molecule has 0 saturated carbocycles. The minimum Gasteiger partial charge on any atom is -0.394 e. The smallest absolute Gasteiger partial charge is 0.270 e. The van der Waals surface area contributed by atoms with E-state index in [0.29, 0.717) is 15.9 Å². The number of hydrogen-bond acceptors (Lipinski definition) is 2. The first-order valence-corrected chi connectivity index (χ1v) is 6.75. The van der Waals surface area contributed by atoms with Gasteiger partial charge in [-0.1, -0.05) is 44.0 Å². The van der Waals surface area contributed by atoms with Crippen molar-refractivity contribution in [1.29, 1.82) is 0 Å². The number of hydrogen-bond donors (Lipinski definition) is 1. The summed E-state index contributed by atoms with van der Waals surface area (Å²) in [6.07, 6.45) is 0. The molecule has 1 aromatic rings. The van der Waals surface area contributed by atoms with E-state index in [1.807, 2.05) is 20.8 Å². The maximum absolute atomic E-state index is 12.5. The summed E-state index contributed by atoms with van der Waals surface area (Å²) in [7, 11) is 3.35. The van der Waals surface area contributed by atoms with Crippen LogP contribution in [-0.4, -0.2) is 40.2 Å². The summed E-state index contributed by atoms with van der Waals surface area (Å²) in [5.41, 5.74) is 0.179. The van der Waals surface area contributed by atoms with Crippen molar-refractivity contribution in [3.05, 3.63) is 21.9 Å². The monoisotopic (exact) mass is 306 g/mol. The van der Waals surface area contributed by atoms with Gasteiger partial charge in [-0.3, -0.25) is 4.79 Å². The molecule has 1 atom stereocenters. The minimum absolute atomic E-state index is 0.0996. The molecule has 0 saturated heterocycles. The Morgan fingerprint density at radius 2 is 2.00 bits per heavy atom. The van der Waals surface area contributed by atoms with Crippen molar-refractivity contribution in [3.8, 4) is 0 Å². The lowest BCUT2D eigenvalue weighted by atomic mass is 9.86. The predicted molar refractivity (Wildman–Crippen MR) is 77.9 cm³/mol. The SMILES string of the molecule is CN(C(=O)c1cc(Cl)c(Cl)n1C)C(CO)C(C)(C)C. The normalized spacial score (nSPS) is 13.5. The second-order valence-corrected chi connectivity index (χ2v) is 6.47. The zero-order chi connectivity index (χ0) is 15.0. The van der Waals surface area contributed by atoms with Crippen LogP contribution in [0.2, 0.25) is 10.2 Å². The van der Waals surface area contributed by atoms with Gasteiger partial charge in [0.1, 0.15) is 10.8 Å². The van der Waals surface area contributed by atoms with Gasteiger partial charge in [0.25, 0.3) is 5.91 Å². The van der Waals surface area contributed by atoms with Crippen molar-refractivity contribution in [3.63, 3.8) is 0 Å². The van der Waals surface area contributed by atoms with Crippen molar-refractivity contribution in [2.45, 2.75) is 26.8 Å². The third-order valence-electron chi connectivity index (χ3n) is 3.30. The Morgan fingerprint density at radius 1 is 1.47 bits per heavy atom. The molecule has 4 nitrogen and oxygen atoms in total. The Labute approximate surface area is 123 Å². The second-order valence-electron chi connectivity index (χ2n) is 5.71. The fraction of sp³-hybridized carbons (Fsp3) is 0.615. The molecule has 0 aliphatic carbocycles. The molecule has 1 unspecified atom stereocenters. The van der Waals surface area contributed by atoms with Crippen molar-refractivity contribution in [1.82, 2.24) is 9.47 Å². The molecule has 0 aromatic carbocycles. The van der Waals surface area contributed by atoms with Crippen LogP contribution < -0.4 is 0 Å². The molecule has 6 heteroatoms. The number of aromatic nitrogens is 1. The Kier molecular flexibility index (Phi) is 4.93. The lowest BCUT2D eigenvalue weighted by molar-refractivity contribution is 0.0425. The Hall–Kier alpha value is -0.710. The highest BCUT2D eigenvalue weighted by molar-refractivity contribution is 6.41. The predicted octanol–water partition coefficient (Wildman–Crippen LogP) is 2.81. The molecule has 1 amide bonds. The number of carbonyl (C=O) groups is 1. The first kappa shape index (κ1) is 16.3. The summed E-state index contributed by atoms with van der Waals surface area (Å²) in [5, 5.41) is 10.2. The van der Waals surface area contributed by atoms with E-state index in [1.54, 1.807) is 24.7 Å². The van der Waals surface area contributed by atoms with E-state index in [9.17, 15) is 9.90 Å². The van der Waals surface area contributed by atoms with Gasteiger partial charge in [0.2, 0.25) is 0 Å². The third kappa shape index (κ3) is 3.25. The van der Waals surface area contributed by atoms with Gasteiger partial charge in [-0.05, 0) is 11.5 Å². The number of aliphatic hydroxyl groups excluding tert-OH is 1. The zero-order valence-corrected chi connectivity index (χ0v) is 13.4. The quantitative estimate of drug-likeness (QED) is 0.933. The van der Waals surface area contributed by atoms with Crippen LogP contribution in [0.1, 0.15) is 31.3 Å². The molecule has 0 bridgehead atoms. The highest BCUT2D eigenvalue weighted by Crippen LogP contribution is 2.28. The molecule has 0 aliphatic heterocycles. The van der Waals surface area contributed by atoms with Crippen LogP contribution in [-0.2, 0) is 7.05 Å². The number of aliphatic hydroxyl groups is 1. The van der Waals surface area contributed by atoms with Crippen LogP contribution in [0.5, 0.6) is 0 Å². The summed E-state index contributed by atoms with van der Waals surface area (Å²) < 4.78 is 1.54.